The number of amides is 1. The number of carbonyl (C=O) groups is 1. The van der Waals surface area contributed by atoms with E-state index in [-0.39, 0.29) is 12.1 Å². The van der Waals surface area contributed by atoms with E-state index in [0.29, 0.717) is 30.7 Å². The summed E-state index contributed by atoms with van der Waals surface area (Å²) in [6.07, 6.45) is 3.35. The van der Waals surface area contributed by atoms with Crippen molar-refractivity contribution >= 4 is 40.5 Å². The molecule has 4 rings (SSSR count). The molecule has 30 heavy (non-hydrogen) atoms. The van der Waals surface area contributed by atoms with Gasteiger partial charge in [0.05, 0.1) is 5.69 Å². The van der Waals surface area contributed by atoms with Gasteiger partial charge in [0.15, 0.2) is 5.58 Å². The second-order valence-electron chi connectivity index (χ2n) is 9.29. The summed E-state index contributed by atoms with van der Waals surface area (Å²) in [4.78, 5) is 23.4. The van der Waals surface area contributed by atoms with Crippen LogP contribution in [0.5, 0.6) is 0 Å². The maximum absolute atomic E-state index is 12.4. The Morgan fingerprint density at radius 1 is 1.17 bits per heavy atom. The number of piperidine rings is 1. The van der Waals surface area contributed by atoms with Crippen LogP contribution in [0.3, 0.4) is 0 Å². The lowest BCUT2D eigenvalue weighted by atomic mass is 10.1. The topological polar surface area (TPSA) is 62.1 Å². The lowest BCUT2D eigenvalue weighted by Gasteiger charge is -2.39. The summed E-state index contributed by atoms with van der Waals surface area (Å²) in [5, 5.41) is 0.672. The standard InChI is InChI=1S/C22H31ClN4O3/c1-15-14-26(21(28)30-22(2,3)4)10-11-27(15)20-24-17-12-16(23)13-18(19(17)29-20)25-8-6-5-7-9-25/h12-13,15H,5-11,14H2,1-4H3. The number of halogens is 1. The van der Waals surface area contributed by atoms with Gasteiger partial charge < -0.3 is 23.9 Å². The summed E-state index contributed by atoms with van der Waals surface area (Å²) < 4.78 is 11.8. The van der Waals surface area contributed by atoms with Gasteiger partial charge in [0.2, 0.25) is 0 Å². The van der Waals surface area contributed by atoms with E-state index in [2.05, 4.69) is 16.7 Å². The Labute approximate surface area is 182 Å². The second kappa shape index (κ2) is 8.17. The van der Waals surface area contributed by atoms with Crippen LogP contribution >= 0.6 is 11.6 Å². The van der Waals surface area contributed by atoms with E-state index in [1.165, 1.54) is 19.3 Å². The summed E-state index contributed by atoms with van der Waals surface area (Å²) in [5.74, 6) is 0. The van der Waals surface area contributed by atoms with Gasteiger partial charge in [-0.05, 0) is 59.1 Å². The third-order valence-electron chi connectivity index (χ3n) is 5.65. The van der Waals surface area contributed by atoms with Crippen LogP contribution in [-0.4, -0.2) is 60.3 Å². The number of rotatable bonds is 2. The van der Waals surface area contributed by atoms with E-state index in [0.717, 1.165) is 29.9 Å². The number of aromatic nitrogens is 1. The van der Waals surface area contributed by atoms with Crippen LogP contribution in [0.1, 0.15) is 47.0 Å². The lowest BCUT2D eigenvalue weighted by Crippen LogP contribution is -2.54. The monoisotopic (exact) mass is 434 g/mol. The molecule has 1 atom stereocenters. The van der Waals surface area contributed by atoms with E-state index >= 15 is 0 Å². The Bertz CT molecular complexity index is 917. The molecule has 2 aliphatic heterocycles. The molecule has 0 spiro atoms. The fraction of sp³-hybridized carbons (Fsp3) is 0.636. The Hall–Kier alpha value is -2.15. The zero-order valence-corrected chi connectivity index (χ0v) is 19.0. The van der Waals surface area contributed by atoms with Crippen LogP contribution in [0.4, 0.5) is 16.5 Å². The molecule has 1 aromatic heterocycles. The highest BCUT2D eigenvalue weighted by Gasteiger charge is 2.32. The number of ether oxygens (including phenoxy) is 1. The molecule has 0 N–H and O–H groups in total. The molecule has 7 nitrogen and oxygen atoms in total. The van der Waals surface area contributed by atoms with Crippen molar-refractivity contribution in [2.24, 2.45) is 0 Å². The molecular weight excluding hydrogens is 404 g/mol. The van der Waals surface area contributed by atoms with Crippen LogP contribution in [0, 0.1) is 0 Å². The van der Waals surface area contributed by atoms with Gasteiger partial charge in [0.1, 0.15) is 11.1 Å². The first-order valence-corrected chi connectivity index (χ1v) is 11.2. The number of benzene rings is 1. The summed E-state index contributed by atoms with van der Waals surface area (Å²) >= 11 is 6.39. The molecule has 2 saturated heterocycles. The summed E-state index contributed by atoms with van der Waals surface area (Å²) in [6, 6.07) is 4.49. The van der Waals surface area contributed by atoms with Crippen molar-refractivity contribution in [2.75, 3.05) is 42.5 Å². The molecule has 2 aliphatic rings. The second-order valence-corrected chi connectivity index (χ2v) is 9.72. The molecule has 2 aromatic rings. The molecule has 0 bridgehead atoms. The average Bonchev–Trinajstić information content (AvgIpc) is 3.10. The van der Waals surface area contributed by atoms with Crippen molar-refractivity contribution in [2.45, 2.75) is 58.6 Å². The smallest absolute Gasteiger partial charge is 0.410 e. The molecule has 1 unspecified atom stereocenters. The highest BCUT2D eigenvalue weighted by molar-refractivity contribution is 6.31. The van der Waals surface area contributed by atoms with E-state index in [1.54, 1.807) is 4.90 Å². The highest BCUT2D eigenvalue weighted by atomic mass is 35.5. The van der Waals surface area contributed by atoms with Crippen molar-refractivity contribution in [1.29, 1.82) is 0 Å². The maximum Gasteiger partial charge on any atom is 0.410 e. The first kappa shape index (κ1) is 21.1. The molecule has 164 valence electrons. The van der Waals surface area contributed by atoms with Crippen LogP contribution in [-0.2, 0) is 4.74 Å². The number of carbonyl (C=O) groups excluding carboxylic acids is 1. The molecule has 0 aliphatic carbocycles. The van der Waals surface area contributed by atoms with Crippen molar-refractivity contribution < 1.29 is 13.9 Å². The molecule has 0 saturated carbocycles. The van der Waals surface area contributed by atoms with E-state index in [9.17, 15) is 4.79 Å². The summed E-state index contributed by atoms with van der Waals surface area (Å²) in [5.41, 5.74) is 2.09. The Kier molecular flexibility index (Phi) is 5.75. The minimum absolute atomic E-state index is 0.0632. The predicted octanol–water partition coefficient (Wildman–Crippen LogP) is 4.92. The van der Waals surface area contributed by atoms with Crippen LogP contribution < -0.4 is 9.80 Å². The zero-order valence-electron chi connectivity index (χ0n) is 18.3. The molecule has 3 heterocycles. The average molecular weight is 435 g/mol. The van der Waals surface area contributed by atoms with Gasteiger partial charge in [0.25, 0.3) is 6.01 Å². The number of fused-ring (bicyclic) bond motifs is 1. The van der Waals surface area contributed by atoms with Crippen LogP contribution in [0.15, 0.2) is 16.5 Å². The van der Waals surface area contributed by atoms with Gasteiger partial charge in [-0.1, -0.05) is 11.6 Å². The predicted molar refractivity (Wildman–Crippen MR) is 120 cm³/mol. The Morgan fingerprint density at radius 3 is 2.57 bits per heavy atom. The van der Waals surface area contributed by atoms with Crippen molar-refractivity contribution in [3.05, 3.63) is 17.2 Å². The van der Waals surface area contributed by atoms with Crippen molar-refractivity contribution in [1.82, 2.24) is 9.88 Å². The van der Waals surface area contributed by atoms with Gasteiger partial charge >= 0.3 is 6.09 Å². The van der Waals surface area contributed by atoms with Gasteiger partial charge in [-0.3, -0.25) is 0 Å². The number of anilines is 2. The van der Waals surface area contributed by atoms with Gasteiger partial charge in [0, 0.05) is 43.8 Å². The summed E-state index contributed by atoms with van der Waals surface area (Å²) in [6.45, 7) is 11.5. The lowest BCUT2D eigenvalue weighted by molar-refractivity contribution is 0.0216. The van der Waals surface area contributed by atoms with Gasteiger partial charge in [-0.2, -0.15) is 4.98 Å². The molecule has 2 fully saturated rings. The minimum Gasteiger partial charge on any atom is -0.444 e. The zero-order chi connectivity index (χ0) is 21.5. The van der Waals surface area contributed by atoms with Crippen LogP contribution in [0.25, 0.3) is 11.1 Å². The number of nitrogens with zero attached hydrogens (tertiary/aromatic N) is 4. The number of hydrogen-bond acceptors (Lipinski definition) is 6. The highest BCUT2D eigenvalue weighted by Crippen LogP contribution is 2.36. The Morgan fingerprint density at radius 2 is 1.90 bits per heavy atom. The number of piperazine rings is 1. The molecule has 8 heteroatoms. The van der Waals surface area contributed by atoms with Gasteiger partial charge in [-0.25, -0.2) is 4.79 Å². The number of oxazole rings is 1. The van der Waals surface area contributed by atoms with Crippen molar-refractivity contribution in [3.8, 4) is 0 Å². The van der Waals surface area contributed by atoms with E-state index < -0.39 is 5.60 Å². The third kappa shape index (κ3) is 4.46. The van der Waals surface area contributed by atoms with Crippen molar-refractivity contribution in [3.63, 3.8) is 0 Å². The molecule has 1 amide bonds. The molecule has 1 aromatic carbocycles. The van der Waals surface area contributed by atoms with Crippen LogP contribution in [0.2, 0.25) is 5.02 Å². The molecule has 0 radical (unpaired) electrons. The largest absolute Gasteiger partial charge is 0.444 e. The first-order valence-electron chi connectivity index (χ1n) is 10.8. The molecular formula is C22H31ClN4O3. The van der Waals surface area contributed by atoms with Gasteiger partial charge in [-0.15, -0.1) is 0 Å². The SMILES string of the molecule is CC1CN(C(=O)OC(C)(C)C)CCN1c1nc2cc(Cl)cc(N3CCCCC3)c2o1. The Balaban J connectivity index is 1.55. The number of hydrogen-bond donors (Lipinski definition) is 0. The van der Waals surface area contributed by atoms with E-state index in [1.807, 2.05) is 32.9 Å². The fourth-order valence-corrected chi connectivity index (χ4v) is 4.40. The maximum atomic E-state index is 12.4. The van der Waals surface area contributed by atoms with E-state index in [4.69, 9.17) is 25.7 Å². The minimum atomic E-state index is -0.498. The summed E-state index contributed by atoms with van der Waals surface area (Å²) in [7, 11) is 0. The normalized spacial score (nSPS) is 20.7. The fourth-order valence-electron chi connectivity index (χ4n) is 4.20. The first-order chi connectivity index (χ1) is 14.2. The third-order valence-corrected chi connectivity index (χ3v) is 5.86. The quantitative estimate of drug-likeness (QED) is 0.668.